The summed E-state index contributed by atoms with van der Waals surface area (Å²) in [6.07, 6.45) is 2.77. The highest BCUT2D eigenvalue weighted by molar-refractivity contribution is 5.94. The van der Waals surface area contributed by atoms with E-state index in [0.717, 1.165) is 5.56 Å². The van der Waals surface area contributed by atoms with Gasteiger partial charge in [-0.15, -0.1) is 0 Å². The van der Waals surface area contributed by atoms with Crippen molar-refractivity contribution in [2.75, 3.05) is 11.4 Å². The number of aryl methyl sites for hydroxylation is 1. The van der Waals surface area contributed by atoms with Crippen LogP contribution in [0.4, 0.5) is 11.4 Å². The number of aromatic nitrogens is 2. The predicted molar refractivity (Wildman–Crippen MR) is 99.8 cm³/mol. The Balaban J connectivity index is 1.64. The molecule has 8 nitrogen and oxygen atoms in total. The number of anilines is 1. The van der Waals surface area contributed by atoms with Crippen LogP contribution in [-0.2, 0) is 17.8 Å². The van der Waals surface area contributed by atoms with Crippen LogP contribution in [0.25, 0.3) is 10.9 Å². The number of fused-ring (bicyclic) bond motifs is 2. The predicted octanol–water partition coefficient (Wildman–Crippen LogP) is 2.28. The van der Waals surface area contributed by atoms with Crippen LogP contribution in [0.3, 0.4) is 0 Å². The lowest BCUT2D eigenvalue weighted by Gasteiger charge is -2.29. The molecule has 1 amide bonds. The number of rotatable bonds is 3. The fourth-order valence-electron chi connectivity index (χ4n) is 3.41. The third-order valence-electron chi connectivity index (χ3n) is 4.73. The van der Waals surface area contributed by atoms with Crippen LogP contribution in [0.2, 0.25) is 0 Å². The minimum absolute atomic E-state index is 0.0120. The van der Waals surface area contributed by atoms with Gasteiger partial charge in [0.2, 0.25) is 5.91 Å². The summed E-state index contributed by atoms with van der Waals surface area (Å²) in [6, 6.07) is 11.5. The maximum Gasteiger partial charge on any atom is 0.269 e. The molecule has 0 spiro atoms. The molecule has 1 aromatic heterocycles. The highest BCUT2D eigenvalue weighted by atomic mass is 16.6. The van der Waals surface area contributed by atoms with E-state index < -0.39 is 4.92 Å². The molecule has 136 valence electrons. The first kappa shape index (κ1) is 16.9. The van der Waals surface area contributed by atoms with Gasteiger partial charge in [0.15, 0.2) is 0 Å². The third-order valence-corrected chi connectivity index (χ3v) is 4.73. The number of carbonyl (C=O) groups is 1. The lowest BCUT2D eigenvalue weighted by molar-refractivity contribution is -0.384. The number of hydrogen-bond acceptors (Lipinski definition) is 5. The van der Waals surface area contributed by atoms with E-state index in [1.54, 1.807) is 35.2 Å². The molecule has 0 saturated heterocycles. The molecule has 1 aliphatic rings. The molecular formula is C19H16N4O4. The largest absolute Gasteiger partial charge is 0.311 e. The van der Waals surface area contributed by atoms with Crippen molar-refractivity contribution in [3.8, 4) is 0 Å². The van der Waals surface area contributed by atoms with Gasteiger partial charge in [-0.25, -0.2) is 4.98 Å². The van der Waals surface area contributed by atoms with Gasteiger partial charge in [-0.2, -0.15) is 0 Å². The molecule has 1 aliphatic heterocycles. The van der Waals surface area contributed by atoms with E-state index in [1.165, 1.54) is 23.0 Å². The second kappa shape index (κ2) is 6.64. The molecule has 27 heavy (non-hydrogen) atoms. The van der Waals surface area contributed by atoms with Gasteiger partial charge < -0.3 is 4.90 Å². The van der Waals surface area contributed by atoms with Gasteiger partial charge in [-0.1, -0.05) is 12.1 Å². The molecule has 0 unspecified atom stereocenters. The zero-order valence-electron chi connectivity index (χ0n) is 14.4. The lowest BCUT2D eigenvalue weighted by atomic mass is 10.0. The van der Waals surface area contributed by atoms with Crippen LogP contribution in [0, 0.1) is 10.1 Å². The maximum absolute atomic E-state index is 12.8. The van der Waals surface area contributed by atoms with Crippen LogP contribution in [0.5, 0.6) is 0 Å². The van der Waals surface area contributed by atoms with Crippen molar-refractivity contribution in [1.29, 1.82) is 0 Å². The molecular weight excluding hydrogens is 348 g/mol. The number of nitrogens with zero attached hydrogens (tertiary/aromatic N) is 4. The van der Waals surface area contributed by atoms with Crippen LogP contribution in [0.1, 0.15) is 12.0 Å². The van der Waals surface area contributed by atoms with Gasteiger partial charge in [0.25, 0.3) is 11.2 Å². The number of amides is 1. The number of nitro benzene ring substituents is 1. The first-order chi connectivity index (χ1) is 13.0. The molecule has 3 aromatic rings. The molecule has 2 aromatic carbocycles. The Kier molecular flexibility index (Phi) is 4.15. The number of benzene rings is 2. The fraction of sp³-hybridized carbons (Fsp3) is 0.211. The van der Waals surface area contributed by atoms with E-state index in [1.807, 2.05) is 0 Å². The van der Waals surface area contributed by atoms with Crippen LogP contribution >= 0.6 is 0 Å². The Morgan fingerprint density at radius 2 is 2.04 bits per heavy atom. The minimum Gasteiger partial charge on any atom is -0.311 e. The Morgan fingerprint density at radius 1 is 1.22 bits per heavy atom. The summed E-state index contributed by atoms with van der Waals surface area (Å²) in [6.45, 7) is 0.381. The monoisotopic (exact) mass is 364 g/mol. The fourth-order valence-corrected chi connectivity index (χ4v) is 3.41. The molecule has 0 bridgehead atoms. The van der Waals surface area contributed by atoms with E-state index >= 15 is 0 Å². The normalized spacial score (nSPS) is 13.4. The van der Waals surface area contributed by atoms with Crippen molar-refractivity contribution < 1.29 is 9.72 Å². The molecule has 2 heterocycles. The average molecular weight is 364 g/mol. The van der Waals surface area contributed by atoms with Crippen LogP contribution in [0.15, 0.2) is 53.6 Å². The van der Waals surface area contributed by atoms with Gasteiger partial charge in [0.05, 0.1) is 22.2 Å². The maximum atomic E-state index is 12.8. The quantitative estimate of drug-likeness (QED) is 0.524. The first-order valence-electron chi connectivity index (χ1n) is 8.56. The van der Waals surface area contributed by atoms with Crippen molar-refractivity contribution in [3.63, 3.8) is 0 Å². The van der Waals surface area contributed by atoms with Crippen molar-refractivity contribution in [3.05, 3.63) is 74.8 Å². The van der Waals surface area contributed by atoms with E-state index in [2.05, 4.69) is 4.98 Å². The summed E-state index contributed by atoms with van der Waals surface area (Å²) in [7, 11) is 0. The first-order valence-corrected chi connectivity index (χ1v) is 8.56. The molecule has 0 atom stereocenters. The van der Waals surface area contributed by atoms with E-state index in [4.69, 9.17) is 0 Å². The molecule has 0 N–H and O–H groups in total. The lowest BCUT2D eigenvalue weighted by Crippen LogP contribution is -2.39. The van der Waals surface area contributed by atoms with E-state index in [0.29, 0.717) is 36.0 Å². The molecule has 8 heteroatoms. The summed E-state index contributed by atoms with van der Waals surface area (Å²) < 4.78 is 1.30. The number of para-hydroxylation sites is 1. The Hall–Kier alpha value is -3.55. The number of non-ortho nitro benzene ring substituents is 1. The summed E-state index contributed by atoms with van der Waals surface area (Å²) >= 11 is 0. The molecule has 0 aliphatic carbocycles. The van der Waals surface area contributed by atoms with E-state index in [-0.39, 0.29) is 23.7 Å². The van der Waals surface area contributed by atoms with Gasteiger partial charge in [0, 0.05) is 24.4 Å². The summed E-state index contributed by atoms with van der Waals surface area (Å²) in [4.78, 5) is 41.8. The Morgan fingerprint density at radius 3 is 2.85 bits per heavy atom. The van der Waals surface area contributed by atoms with Crippen LogP contribution < -0.4 is 10.5 Å². The summed E-state index contributed by atoms with van der Waals surface area (Å²) in [5, 5.41) is 11.4. The minimum atomic E-state index is -0.443. The number of nitro groups is 1. The average Bonchev–Trinajstić information content (AvgIpc) is 2.69. The third kappa shape index (κ3) is 3.05. The zero-order chi connectivity index (χ0) is 19.0. The molecule has 0 fully saturated rings. The summed E-state index contributed by atoms with van der Waals surface area (Å²) in [5.41, 5.74) is 1.76. The van der Waals surface area contributed by atoms with Crippen molar-refractivity contribution in [2.24, 2.45) is 0 Å². The Bertz CT molecular complexity index is 1120. The number of carbonyl (C=O) groups excluding carboxylic acids is 1. The van der Waals surface area contributed by atoms with E-state index in [9.17, 15) is 19.7 Å². The smallest absolute Gasteiger partial charge is 0.269 e. The van der Waals surface area contributed by atoms with Crippen molar-refractivity contribution >= 4 is 28.2 Å². The van der Waals surface area contributed by atoms with Crippen molar-refractivity contribution in [2.45, 2.75) is 19.4 Å². The van der Waals surface area contributed by atoms with Gasteiger partial charge in [0.1, 0.15) is 6.54 Å². The van der Waals surface area contributed by atoms with Gasteiger partial charge >= 0.3 is 0 Å². The Labute approximate surface area is 153 Å². The zero-order valence-corrected chi connectivity index (χ0v) is 14.4. The molecule has 0 radical (unpaired) electrons. The highest BCUT2D eigenvalue weighted by Crippen LogP contribution is 2.30. The SMILES string of the molecule is O=C(Cn1cnc2ccccc2c1=O)N1CCCc2cc([N+](=O)[O-])ccc21. The molecule has 4 rings (SSSR count). The second-order valence-corrected chi connectivity index (χ2v) is 6.41. The van der Waals surface area contributed by atoms with Gasteiger partial charge in [-0.3, -0.25) is 24.3 Å². The molecule has 0 saturated carbocycles. The standard InChI is InChI=1S/C19H16N4O4/c24-18(11-21-12-20-16-6-2-1-5-15(16)19(21)25)22-9-3-4-13-10-14(23(26)27)7-8-17(13)22/h1-2,5-8,10,12H,3-4,9,11H2. The highest BCUT2D eigenvalue weighted by Gasteiger charge is 2.24. The second-order valence-electron chi connectivity index (χ2n) is 6.41. The number of hydrogen-bond donors (Lipinski definition) is 0. The van der Waals surface area contributed by atoms with Gasteiger partial charge in [-0.05, 0) is 36.6 Å². The van der Waals surface area contributed by atoms with Crippen LogP contribution in [-0.4, -0.2) is 26.9 Å². The topological polar surface area (TPSA) is 98.3 Å². The summed E-state index contributed by atoms with van der Waals surface area (Å²) in [5.74, 6) is -0.246. The van der Waals surface area contributed by atoms with Crippen molar-refractivity contribution in [1.82, 2.24) is 9.55 Å².